The Balaban J connectivity index is 0.916. The highest BCUT2D eigenvalue weighted by molar-refractivity contribution is 9.10. The number of hydrogen-bond acceptors (Lipinski definition) is 8. The van der Waals surface area contributed by atoms with E-state index in [4.69, 9.17) is 0 Å². The number of nitrogens with zero attached hydrogens (tertiary/aromatic N) is 5. The van der Waals surface area contributed by atoms with Crippen LogP contribution in [0.3, 0.4) is 0 Å². The smallest absolute Gasteiger partial charge is 0.282 e. The first-order chi connectivity index (χ1) is 24.1. The van der Waals surface area contributed by atoms with Gasteiger partial charge in [-0.3, -0.25) is 24.5 Å². The first-order valence-corrected chi connectivity index (χ1v) is 18.6. The van der Waals surface area contributed by atoms with Crippen LogP contribution in [-0.2, 0) is 16.6 Å². The molecule has 3 amide bonds. The summed E-state index contributed by atoms with van der Waals surface area (Å²) in [5, 5.41) is 10.2. The van der Waals surface area contributed by atoms with Gasteiger partial charge in [-0.25, -0.2) is 4.68 Å². The Morgan fingerprint density at radius 1 is 0.940 bits per heavy atom. The molecule has 7 rings (SSSR count). The average Bonchev–Trinajstić information content (AvgIpc) is 3.12. The zero-order valence-corrected chi connectivity index (χ0v) is 30.5. The molecule has 3 aromatic rings. The summed E-state index contributed by atoms with van der Waals surface area (Å²) in [6.45, 7) is 5.26. The lowest BCUT2D eigenvalue weighted by Gasteiger charge is -2.47. The molecular formula is C38H46BrN7O4. The van der Waals surface area contributed by atoms with Crippen molar-refractivity contribution in [2.75, 3.05) is 56.5 Å². The van der Waals surface area contributed by atoms with E-state index in [1.807, 2.05) is 29.2 Å². The fourth-order valence-electron chi connectivity index (χ4n) is 8.45. The predicted molar refractivity (Wildman–Crippen MR) is 196 cm³/mol. The highest BCUT2D eigenvalue weighted by atomic mass is 79.9. The number of likely N-dealkylation sites (N-methyl/N-ethyl adjacent to an activating group) is 1. The van der Waals surface area contributed by atoms with Gasteiger partial charge in [0.25, 0.3) is 11.5 Å². The molecule has 4 saturated heterocycles. The second kappa shape index (κ2) is 14.3. The summed E-state index contributed by atoms with van der Waals surface area (Å²) in [6, 6.07) is 16.6. The van der Waals surface area contributed by atoms with Gasteiger partial charge in [0.05, 0.1) is 17.8 Å². The summed E-state index contributed by atoms with van der Waals surface area (Å²) < 4.78 is 1.81. The van der Waals surface area contributed by atoms with Crippen molar-refractivity contribution < 1.29 is 14.4 Å². The zero-order chi connectivity index (χ0) is 35.0. The number of nitrogens with one attached hydrogen (secondary N) is 2. The number of aryl methyl sites for hydroxylation is 1. The molecule has 1 spiro atoms. The van der Waals surface area contributed by atoms with Crippen molar-refractivity contribution >= 4 is 45.0 Å². The minimum Gasteiger partial charge on any atom is -0.379 e. The molecule has 0 radical (unpaired) electrons. The van der Waals surface area contributed by atoms with Gasteiger partial charge >= 0.3 is 0 Å². The molecule has 0 saturated carbocycles. The number of rotatable bonds is 6. The maximum absolute atomic E-state index is 13.6. The Hall–Kier alpha value is -4.03. The normalized spacial score (nSPS) is 24.3. The van der Waals surface area contributed by atoms with Gasteiger partial charge in [-0.15, -0.1) is 0 Å². The van der Waals surface area contributed by atoms with Crippen molar-refractivity contribution in [2.45, 2.75) is 62.8 Å². The van der Waals surface area contributed by atoms with E-state index in [0.717, 1.165) is 88.2 Å². The van der Waals surface area contributed by atoms with Crippen molar-refractivity contribution in [3.63, 3.8) is 0 Å². The SMILES string of the molecule is CN1C[C@H](Nc2cnn(C)c(=O)c2Br)C[C@H](c2ccc(C(=O)N3CCC4(CC3)CCN(c3cccc(C5CCC(=O)NC5=O)c3)CC4)cc2)C1. The molecule has 0 bridgehead atoms. The molecule has 2 aromatic carbocycles. The highest BCUT2D eigenvalue weighted by Crippen LogP contribution is 2.43. The van der Waals surface area contributed by atoms with Crippen molar-refractivity contribution in [3.05, 3.63) is 86.2 Å². The van der Waals surface area contributed by atoms with Gasteiger partial charge in [0.2, 0.25) is 11.8 Å². The summed E-state index contributed by atoms with van der Waals surface area (Å²) in [7, 11) is 3.75. The van der Waals surface area contributed by atoms with Gasteiger partial charge in [0.1, 0.15) is 4.47 Å². The van der Waals surface area contributed by atoms with Crippen LogP contribution < -0.4 is 21.1 Å². The monoisotopic (exact) mass is 743 g/mol. The summed E-state index contributed by atoms with van der Waals surface area (Å²) in [5.74, 6) is -0.248. The van der Waals surface area contributed by atoms with E-state index in [2.05, 4.69) is 72.8 Å². The van der Waals surface area contributed by atoms with E-state index < -0.39 is 0 Å². The summed E-state index contributed by atoms with van der Waals surface area (Å²) in [5.41, 5.74) is 4.86. The molecule has 12 heteroatoms. The van der Waals surface area contributed by atoms with E-state index in [-0.39, 0.29) is 40.7 Å². The molecule has 5 heterocycles. The Bertz CT molecular complexity index is 1810. The Morgan fingerprint density at radius 2 is 1.66 bits per heavy atom. The van der Waals surface area contributed by atoms with Gasteiger partial charge < -0.3 is 20.0 Å². The van der Waals surface area contributed by atoms with Crippen LogP contribution in [0.5, 0.6) is 0 Å². The number of hydrogen-bond donors (Lipinski definition) is 2. The van der Waals surface area contributed by atoms with E-state index >= 15 is 0 Å². The number of halogens is 1. The fourth-order valence-corrected chi connectivity index (χ4v) is 8.92. The Kier molecular flexibility index (Phi) is 9.85. The van der Waals surface area contributed by atoms with Crippen LogP contribution in [0.1, 0.15) is 78.3 Å². The van der Waals surface area contributed by atoms with Gasteiger partial charge in [-0.1, -0.05) is 24.3 Å². The molecule has 264 valence electrons. The third-order valence-corrected chi connectivity index (χ3v) is 12.3. The standard InChI is InChI=1S/C38H46BrN7O4/c1-43-23-28(20-29(24-43)41-32-22-40-44(2)37(50)34(32)39)25-6-8-26(9-7-25)36(49)46-18-14-38(15-19-46)12-16-45(17-13-38)30-5-3-4-27(21-30)31-10-11-33(47)42-35(31)48/h3-9,21-22,28-29,31,41H,10-20,23-24H2,1-2H3,(H,42,47,48)/t28-,29+,31?/m0/s1. The molecule has 4 fully saturated rings. The number of amides is 3. The lowest BCUT2D eigenvalue weighted by molar-refractivity contribution is -0.134. The van der Waals surface area contributed by atoms with Crippen LogP contribution in [-0.4, -0.2) is 89.7 Å². The lowest BCUT2D eigenvalue weighted by atomic mass is 9.71. The molecule has 1 aromatic heterocycles. The minimum atomic E-state index is -0.273. The van der Waals surface area contributed by atoms with Crippen molar-refractivity contribution in [1.82, 2.24) is 24.9 Å². The summed E-state index contributed by atoms with van der Waals surface area (Å²) >= 11 is 3.43. The third kappa shape index (κ3) is 7.23. The average molecular weight is 745 g/mol. The topological polar surface area (TPSA) is 120 Å². The van der Waals surface area contributed by atoms with Crippen molar-refractivity contribution in [1.29, 1.82) is 0 Å². The molecule has 1 unspecified atom stereocenters. The molecular weight excluding hydrogens is 698 g/mol. The highest BCUT2D eigenvalue weighted by Gasteiger charge is 2.39. The summed E-state index contributed by atoms with van der Waals surface area (Å²) in [6.07, 6.45) is 7.75. The second-order valence-corrected chi connectivity index (χ2v) is 15.6. The maximum atomic E-state index is 13.6. The zero-order valence-electron chi connectivity index (χ0n) is 28.9. The maximum Gasteiger partial charge on any atom is 0.282 e. The van der Waals surface area contributed by atoms with E-state index in [0.29, 0.717) is 28.9 Å². The van der Waals surface area contributed by atoms with Gasteiger partial charge in [0.15, 0.2) is 0 Å². The number of imide groups is 1. The van der Waals surface area contributed by atoms with Crippen LogP contribution in [0.2, 0.25) is 0 Å². The lowest BCUT2D eigenvalue weighted by Crippen LogP contribution is -2.48. The van der Waals surface area contributed by atoms with Gasteiger partial charge in [0, 0.05) is 70.0 Å². The third-order valence-electron chi connectivity index (χ3n) is 11.5. The number of carbonyl (C=O) groups excluding carboxylic acids is 3. The Labute approximate surface area is 301 Å². The first kappa shape index (κ1) is 34.4. The molecule has 3 atom stereocenters. The number of piperidine rings is 4. The van der Waals surface area contributed by atoms with Crippen LogP contribution in [0.25, 0.3) is 0 Å². The Morgan fingerprint density at radius 3 is 2.38 bits per heavy atom. The first-order valence-electron chi connectivity index (χ1n) is 17.8. The van der Waals surface area contributed by atoms with Gasteiger partial charge in [-0.05, 0) is 108 Å². The van der Waals surface area contributed by atoms with Crippen LogP contribution in [0, 0.1) is 5.41 Å². The minimum absolute atomic E-state index is 0.109. The number of anilines is 2. The fraction of sp³-hybridized carbons (Fsp3) is 0.500. The van der Waals surface area contributed by atoms with Gasteiger partial charge in [-0.2, -0.15) is 5.10 Å². The van der Waals surface area contributed by atoms with Crippen molar-refractivity contribution in [3.8, 4) is 0 Å². The molecule has 11 nitrogen and oxygen atoms in total. The van der Waals surface area contributed by atoms with Crippen LogP contribution in [0.4, 0.5) is 11.4 Å². The number of aromatic nitrogens is 2. The number of benzene rings is 2. The van der Waals surface area contributed by atoms with E-state index in [9.17, 15) is 19.2 Å². The van der Waals surface area contributed by atoms with Crippen LogP contribution >= 0.6 is 15.9 Å². The number of likely N-dealkylation sites (tertiary alicyclic amines) is 2. The van der Waals surface area contributed by atoms with Crippen molar-refractivity contribution in [2.24, 2.45) is 12.5 Å². The number of carbonyl (C=O) groups is 3. The molecule has 50 heavy (non-hydrogen) atoms. The quantitative estimate of drug-likeness (QED) is 0.355. The molecule has 4 aliphatic rings. The van der Waals surface area contributed by atoms with Crippen LogP contribution in [0.15, 0.2) is 64.0 Å². The van der Waals surface area contributed by atoms with E-state index in [1.54, 1.807) is 13.2 Å². The molecule has 0 aliphatic carbocycles. The largest absolute Gasteiger partial charge is 0.379 e. The molecule has 4 aliphatic heterocycles. The van der Waals surface area contributed by atoms with E-state index in [1.165, 1.54) is 10.2 Å². The summed E-state index contributed by atoms with van der Waals surface area (Å²) in [4.78, 5) is 56.8. The molecule has 2 N–H and O–H groups in total. The second-order valence-electron chi connectivity index (χ2n) is 14.8. The predicted octanol–water partition coefficient (Wildman–Crippen LogP) is 4.49.